The molecule has 0 aromatic rings. The summed E-state index contributed by atoms with van der Waals surface area (Å²) in [4.78, 5) is 6.97. The van der Waals surface area contributed by atoms with Crippen LogP contribution >= 0.6 is 0 Å². The first-order valence-electron chi connectivity index (χ1n) is 9.32. The van der Waals surface area contributed by atoms with Crippen molar-refractivity contribution >= 4 is 5.96 Å². The monoisotopic (exact) mass is 325 g/mol. The Hall–Kier alpha value is -0.810. The van der Waals surface area contributed by atoms with E-state index < -0.39 is 0 Å². The van der Waals surface area contributed by atoms with E-state index >= 15 is 0 Å². The molecule has 0 amide bonds. The third kappa shape index (κ3) is 5.96. The molecule has 0 aromatic carbocycles. The molecule has 5 heteroatoms. The standard InChI is InChI=1S/C18H35N3O2/c1-19-17(20-11-13-23-15-14-22-2)21-12-7-10-18(16-21)8-5-3-4-6-9-18/h3-16H2,1-2H3,(H,19,20). The minimum atomic E-state index is 0.543. The number of hydrogen-bond donors (Lipinski definition) is 1. The molecule has 0 bridgehead atoms. The second kappa shape index (κ2) is 10.1. The number of hydrogen-bond acceptors (Lipinski definition) is 3. The average molecular weight is 325 g/mol. The van der Waals surface area contributed by atoms with Crippen molar-refractivity contribution in [3.05, 3.63) is 0 Å². The first-order valence-corrected chi connectivity index (χ1v) is 9.32. The van der Waals surface area contributed by atoms with Gasteiger partial charge in [0.2, 0.25) is 0 Å². The van der Waals surface area contributed by atoms with Gasteiger partial charge >= 0.3 is 0 Å². The second-order valence-electron chi connectivity index (χ2n) is 7.02. The van der Waals surface area contributed by atoms with E-state index in [2.05, 4.69) is 15.2 Å². The number of aliphatic imine (C=N–C) groups is 1. The topological polar surface area (TPSA) is 46.1 Å². The Kier molecular flexibility index (Phi) is 8.17. The molecule has 2 rings (SSSR count). The summed E-state index contributed by atoms with van der Waals surface area (Å²) in [6, 6.07) is 0. The second-order valence-corrected chi connectivity index (χ2v) is 7.02. The zero-order chi connectivity index (χ0) is 16.4. The lowest BCUT2D eigenvalue weighted by Crippen LogP contribution is -2.51. The van der Waals surface area contributed by atoms with Gasteiger partial charge in [-0.2, -0.15) is 0 Å². The fourth-order valence-electron chi connectivity index (χ4n) is 4.09. The largest absolute Gasteiger partial charge is 0.382 e. The van der Waals surface area contributed by atoms with E-state index in [0.717, 1.165) is 19.0 Å². The molecular formula is C18H35N3O2. The maximum atomic E-state index is 5.52. The van der Waals surface area contributed by atoms with Gasteiger partial charge in [-0.25, -0.2) is 0 Å². The Morgan fingerprint density at radius 1 is 1.04 bits per heavy atom. The fourth-order valence-corrected chi connectivity index (χ4v) is 4.09. The third-order valence-corrected chi connectivity index (χ3v) is 5.30. The maximum absolute atomic E-state index is 5.52. The summed E-state index contributed by atoms with van der Waals surface area (Å²) in [6.45, 7) is 5.12. The Morgan fingerprint density at radius 3 is 2.48 bits per heavy atom. The Morgan fingerprint density at radius 2 is 1.78 bits per heavy atom. The molecular weight excluding hydrogens is 290 g/mol. The van der Waals surface area contributed by atoms with Gasteiger partial charge in [-0.15, -0.1) is 0 Å². The molecule has 0 aromatic heterocycles. The summed E-state index contributed by atoms with van der Waals surface area (Å²) in [6.07, 6.45) is 11.2. The highest BCUT2D eigenvalue weighted by Gasteiger charge is 2.36. The van der Waals surface area contributed by atoms with Crippen molar-refractivity contribution in [1.82, 2.24) is 10.2 Å². The average Bonchev–Trinajstić information content (AvgIpc) is 2.80. The number of piperidine rings is 1. The van der Waals surface area contributed by atoms with Gasteiger partial charge in [0.15, 0.2) is 5.96 Å². The first-order chi connectivity index (χ1) is 11.3. The quantitative estimate of drug-likeness (QED) is 0.463. The smallest absolute Gasteiger partial charge is 0.193 e. The number of ether oxygens (including phenoxy) is 2. The number of likely N-dealkylation sites (tertiary alicyclic amines) is 1. The molecule has 1 aliphatic heterocycles. The Bertz CT molecular complexity index is 352. The van der Waals surface area contributed by atoms with Crippen LogP contribution in [0.2, 0.25) is 0 Å². The SMILES string of the molecule is CN=C(NCCOCCOC)N1CCCC2(CCCCCC2)C1. The van der Waals surface area contributed by atoms with Crippen molar-refractivity contribution < 1.29 is 9.47 Å². The minimum absolute atomic E-state index is 0.543. The van der Waals surface area contributed by atoms with Crippen molar-refractivity contribution in [2.24, 2.45) is 10.4 Å². The first kappa shape index (κ1) is 18.5. The Labute approximate surface area is 141 Å². The number of nitrogens with one attached hydrogen (secondary N) is 1. The molecule has 1 saturated heterocycles. The van der Waals surface area contributed by atoms with Gasteiger partial charge < -0.3 is 19.7 Å². The molecule has 1 saturated carbocycles. The van der Waals surface area contributed by atoms with Crippen molar-refractivity contribution in [3.63, 3.8) is 0 Å². The maximum Gasteiger partial charge on any atom is 0.193 e. The van der Waals surface area contributed by atoms with Gasteiger partial charge in [-0.1, -0.05) is 25.7 Å². The Balaban J connectivity index is 1.78. The summed E-state index contributed by atoms with van der Waals surface area (Å²) in [7, 11) is 3.59. The number of rotatable bonds is 6. The molecule has 0 unspecified atom stereocenters. The summed E-state index contributed by atoms with van der Waals surface area (Å²) >= 11 is 0. The van der Waals surface area contributed by atoms with Gasteiger partial charge in [-0.3, -0.25) is 4.99 Å². The summed E-state index contributed by atoms with van der Waals surface area (Å²) in [5.74, 6) is 1.05. The van der Waals surface area contributed by atoms with Gasteiger partial charge in [-0.05, 0) is 31.1 Å². The van der Waals surface area contributed by atoms with E-state index in [-0.39, 0.29) is 0 Å². The van der Waals surface area contributed by atoms with E-state index in [1.165, 1.54) is 57.9 Å². The number of methoxy groups -OCH3 is 1. The van der Waals surface area contributed by atoms with Crippen LogP contribution in [0.1, 0.15) is 51.4 Å². The predicted octanol–water partition coefficient (Wildman–Crippen LogP) is 2.66. The van der Waals surface area contributed by atoms with Crippen molar-refractivity contribution in [1.29, 1.82) is 0 Å². The summed E-state index contributed by atoms with van der Waals surface area (Å²) in [5, 5.41) is 3.46. The zero-order valence-corrected chi connectivity index (χ0v) is 15.1. The van der Waals surface area contributed by atoms with Gasteiger partial charge in [0, 0.05) is 33.8 Å². The minimum Gasteiger partial charge on any atom is -0.382 e. The predicted molar refractivity (Wildman–Crippen MR) is 95.0 cm³/mol. The van der Waals surface area contributed by atoms with E-state index in [0.29, 0.717) is 25.2 Å². The van der Waals surface area contributed by atoms with Gasteiger partial charge in [0.25, 0.3) is 0 Å². The van der Waals surface area contributed by atoms with E-state index in [9.17, 15) is 0 Å². The van der Waals surface area contributed by atoms with Crippen molar-refractivity contribution in [2.75, 3.05) is 53.6 Å². The molecule has 1 N–H and O–H groups in total. The number of guanidine groups is 1. The van der Waals surface area contributed by atoms with E-state index in [1.807, 2.05) is 7.05 Å². The van der Waals surface area contributed by atoms with Crippen LogP contribution < -0.4 is 5.32 Å². The van der Waals surface area contributed by atoms with Crippen LogP contribution in [0.15, 0.2) is 4.99 Å². The van der Waals surface area contributed by atoms with Crippen LogP contribution in [0.25, 0.3) is 0 Å². The highest BCUT2D eigenvalue weighted by molar-refractivity contribution is 5.80. The molecule has 0 atom stereocenters. The lowest BCUT2D eigenvalue weighted by molar-refractivity contribution is 0.0725. The van der Waals surface area contributed by atoms with Gasteiger partial charge in [0.1, 0.15) is 0 Å². The molecule has 134 valence electrons. The van der Waals surface area contributed by atoms with Crippen LogP contribution in [0.4, 0.5) is 0 Å². The van der Waals surface area contributed by atoms with Crippen LogP contribution in [0.5, 0.6) is 0 Å². The summed E-state index contributed by atoms with van der Waals surface area (Å²) < 4.78 is 10.5. The third-order valence-electron chi connectivity index (χ3n) is 5.30. The highest BCUT2D eigenvalue weighted by atomic mass is 16.5. The van der Waals surface area contributed by atoms with Crippen LogP contribution in [0, 0.1) is 5.41 Å². The molecule has 2 aliphatic rings. The number of nitrogens with zero attached hydrogens (tertiary/aromatic N) is 2. The van der Waals surface area contributed by atoms with Crippen LogP contribution in [-0.4, -0.2) is 64.5 Å². The normalized spacial score (nSPS) is 22.2. The molecule has 1 spiro atoms. The van der Waals surface area contributed by atoms with E-state index in [1.54, 1.807) is 7.11 Å². The van der Waals surface area contributed by atoms with Crippen LogP contribution in [0.3, 0.4) is 0 Å². The van der Waals surface area contributed by atoms with Crippen molar-refractivity contribution in [2.45, 2.75) is 51.4 Å². The summed E-state index contributed by atoms with van der Waals surface area (Å²) in [5.41, 5.74) is 0.543. The lowest BCUT2D eigenvalue weighted by atomic mass is 9.74. The van der Waals surface area contributed by atoms with Crippen molar-refractivity contribution in [3.8, 4) is 0 Å². The molecule has 2 fully saturated rings. The fraction of sp³-hybridized carbons (Fsp3) is 0.944. The molecule has 0 radical (unpaired) electrons. The highest BCUT2D eigenvalue weighted by Crippen LogP contribution is 2.42. The van der Waals surface area contributed by atoms with Crippen LogP contribution in [-0.2, 0) is 9.47 Å². The lowest BCUT2D eigenvalue weighted by Gasteiger charge is -2.44. The molecule has 5 nitrogen and oxygen atoms in total. The zero-order valence-electron chi connectivity index (χ0n) is 15.1. The van der Waals surface area contributed by atoms with E-state index in [4.69, 9.17) is 9.47 Å². The van der Waals surface area contributed by atoms with Gasteiger partial charge in [0.05, 0.1) is 19.8 Å². The molecule has 23 heavy (non-hydrogen) atoms. The molecule has 1 heterocycles. The molecule has 1 aliphatic carbocycles.